The highest BCUT2D eigenvalue weighted by Gasteiger charge is 2.41. The molecule has 1 fully saturated rings. The molecule has 1 atom stereocenters. The average Bonchev–Trinajstić information content (AvgIpc) is 2.93. The summed E-state index contributed by atoms with van der Waals surface area (Å²) < 4.78 is 5.68. The van der Waals surface area contributed by atoms with E-state index < -0.39 is 17.9 Å². The molecule has 0 aromatic heterocycles. The lowest BCUT2D eigenvalue weighted by Crippen LogP contribution is -2.37. The van der Waals surface area contributed by atoms with E-state index in [1.54, 1.807) is 48.5 Å². The molecule has 1 saturated heterocycles. The lowest BCUT2D eigenvalue weighted by molar-refractivity contribution is -0.145. The Morgan fingerprint density at radius 3 is 2.61 bits per heavy atom. The van der Waals surface area contributed by atoms with Crippen molar-refractivity contribution < 1.29 is 24.5 Å². The molecule has 1 aliphatic heterocycles. The zero-order valence-corrected chi connectivity index (χ0v) is 17.7. The fourth-order valence-corrected chi connectivity index (χ4v) is 4.50. The third-order valence-corrected chi connectivity index (χ3v) is 5.93. The van der Waals surface area contributed by atoms with E-state index in [4.69, 9.17) is 17.0 Å². The molecule has 1 heterocycles. The molecule has 0 bridgehead atoms. The largest absolute Gasteiger partial charge is 0.503 e. The van der Waals surface area contributed by atoms with Crippen LogP contribution in [-0.4, -0.2) is 38.4 Å². The number of aromatic hydroxyl groups is 1. The van der Waals surface area contributed by atoms with Crippen LogP contribution in [0.25, 0.3) is 6.08 Å². The third kappa shape index (κ3) is 3.91. The second-order valence-electron chi connectivity index (χ2n) is 5.76. The van der Waals surface area contributed by atoms with Gasteiger partial charge < -0.3 is 14.9 Å². The summed E-state index contributed by atoms with van der Waals surface area (Å²) in [6.45, 7) is 0. The number of methoxy groups -OCH3 is 1. The normalized spacial score (nSPS) is 16.5. The number of phenols is 1. The Morgan fingerprint density at radius 1 is 1.32 bits per heavy atom. The summed E-state index contributed by atoms with van der Waals surface area (Å²) in [5.74, 6) is -1.47. The first-order chi connectivity index (χ1) is 13.3. The predicted molar refractivity (Wildman–Crippen MR) is 114 cm³/mol. The zero-order valence-electron chi connectivity index (χ0n) is 14.5. The highest BCUT2D eigenvalue weighted by molar-refractivity contribution is 9.10. The van der Waals surface area contributed by atoms with Gasteiger partial charge in [-0.2, -0.15) is 0 Å². The number of rotatable bonds is 5. The van der Waals surface area contributed by atoms with Gasteiger partial charge in [0.1, 0.15) is 4.32 Å². The summed E-state index contributed by atoms with van der Waals surface area (Å²) in [4.78, 5) is 26.2. The summed E-state index contributed by atoms with van der Waals surface area (Å²) in [5, 5.41) is 19.6. The zero-order chi connectivity index (χ0) is 20.4. The van der Waals surface area contributed by atoms with Crippen LogP contribution in [0.4, 0.5) is 0 Å². The minimum atomic E-state index is -1.21. The molecule has 0 aliphatic carbocycles. The van der Waals surface area contributed by atoms with Gasteiger partial charge in [0.25, 0.3) is 5.91 Å². The molecule has 9 heteroatoms. The molecular weight excluding hydrogens is 466 g/mol. The van der Waals surface area contributed by atoms with Crippen LogP contribution in [0.2, 0.25) is 0 Å². The SMILES string of the molecule is COc1cc(/C=C2\SC(=S)N(C(C(=O)O)c3ccccc3)C2=O)cc(Br)c1O. The molecule has 2 aromatic carbocycles. The molecule has 28 heavy (non-hydrogen) atoms. The lowest BCUT2D eigenvalue weighted by atomic mass is 10.1. The van der Waals surface area contributed by atoms with Gasteiger partial charge in [0.05, 0.1) is 16.5 Å². The van der Waals surface area contributed by atoms with Gasteiger partial charge in [-0.25, -0.2) is 4.79 Å². The van der Waals surface area contributed by atoms with Gasteiger partial charge in [-0.3, -0.25) is 9.69 Å². The van der Waals surface area contributed by atoms with Crippen molar-refractivity contribution in [2.45, 2.75) is 6.04 Å². The molecule has 2 aromatic rings. The van der Waals surface area contributed by atoms with E-state index in [0.29, 0.717) is 15.6 Å². The predicted octanol–water partition coefficient (Wildman–Crippen LogP) is 4.19. The number of thiocarbonyl (C=S) groups is 1. The van der Waals surface area contributed by atoms with Crippen molar-refractivity contribution in [2.24, 2.45) is 0 Å². The summed E-state index contributed by atoms with van der Waals surface area (Å²) >= 11 is 9.55. The lowest BCUT2D eigenvalue weighted by Gasteiger charge is -2.23. The minimum absolute atomic E-state index is 0.0535. The van der Waals surface area contributed by atoms with Crippen molar-refractivity contribution >= 4 is 62.2 Å². The fourth-order valence-electron chi connectivity index (χ4n) is 2.72. The van der Waals surface area contributed by atoms with Crippen LogP contribution >= 0.6 is 39.9 Å². The van der Waals surface area contributed by atoms with Crippen LogP contribution in [0, 0.1) is 0 Å². The highest BCUT2D eigenvalue weighted by atomic mass is 79.9. The Bertz CT molecular complexity index is 993. The van der Waals surface area contributed by atoms with Gasteiger partial charge in [0, 0.05) is 0 Å². The van der Waals surface area contributed by atoms with Gasteiger partial charge in [0.2, 0.25) is 0 Å². The molecule has 144 valence electrons. The van der Waals surface area contributed by atoms with Crippen LogP contribution in [0.15, 0.2) is 51.8 Å². The molecule has 2 N–H and O–H groups in total. The van der Waals surface area contributed by atoms with Gasteiger partial charge in [-0.15, -0.1) is 0 Å². The van der Waals surface area contributed by atoms with Crippen molar-refractivity contribution in [2.75, 3.05) is 7.11 Å². The summed E-state index contributed by atoms with van der Waals surface area (Å²) in [5.41, 5.74) is 1.05. The molecule has 1 aliphatic rings. The van der Waals surface area contributed by atoms with E-state index in [1.165, 1.54) is 7.11 Å². The number of ether oxygens (including phenoxy) is 1. The number of amides is 1. The molecule has 0 radical (unpaired) electrons. The van der Waals surface area contributed by atoms with E-state index >= 15 is 0 Å². The Hall–Kier alpha value is -2.36. The Kier molecular flexibility index (Phi) is 6.07. The number of benzene rings is 2. The number of carboxylic acid groups (broad SMARTS) is 1. The summed E-state index contributed by atoms with van der Waals surface area (Å²) in [7, 11) is 1.42. The summed E-state index contributed by atoms with van der Waals surface area (Å²) in [6.07, 6.45) is 1.58. The number of thioether (sulfide) groups is 1. The summed E-state index contributed by atoms with van der Waals surface area (Å²) in [6, 6.07) is 10.4. The van der Waals surface area contributed by atoms with Gasteiger partial charge in [0.15, 0.2) is 17.5 Å². The fraction of sp³-hybridized carbons (Fsp3) is 0.105. The quantitative estimate of drug-likeness (QED) is 0.490. The maximum atomic E-state index is 12.9. The number of nitrogens with zero attached hydrogens (tertiary/aromatic N) is 1. The van der Waals surface area contributed by atoms with Gasteiger partial charge >= 0.3 is 5.97 Å². The maximum Gasteiger partial charge on any atom is 0.331 e. The first-order valence-electron chi connectivity index (χ1n) is 7.94. The second-order valence-corrected chi connectivity index (χ2v) is 8.29. The van der Waals surface area contributed by atoms with Crippen molar-refractivity contribution in [3.63, 3.8) is 0 Å². The van der Waals surface area contributed by atoms with Crippen LogP contribution < -0.4 is 4.74 Å². The molecular formula is C19H14BrNO5S2. The monoisotopic (exact) mass is 479 g/mol. The molecule has 1 amide bonds. The van der Waals surface area contributed by atoms with Crippen molar-refractivity contribution in [1.82, 2.24) is 4.90 Å². The first kappa shape index (κ1) is 20.4. The molecule has 0 saturated carbocycles. The molecule has 1 unspecified atom stereocenters. The Balaban J connectivity index is 1.99. The third-order valence-electron chi connectivity index (χ3n) is 4.00. The van der Waals surface area contributed by atoms with Crippen molar-refractivity contribution in [3.8, 4) is 11.5 Å². The molecule has 3 rings (SSSR count). The standard InChI is InChI=1S/C19H14BrNO5S2/c1-26-13-8-10(7-12(20)16(13)22)9-14-17(23)21(19(27)28-14)15(18(24)25)11-5-3-2-4-6-11/h2-9,15,22H,1H3,(H,24,25)/b14-9-. The number of hydrogen-bond acceptors (Lipinski definition) is 6. The molecule has 0 spiro atoms. The maximum absolute atomic E-state index is 12.9. The number of carbonyl (C=O) groups is 2. The van der Waals surface area contributed by atoms with Crippen molar-refractivity contribution in [1.29, 1.82) is 0 Å². The van der Waals surface area contributed by atoms with Crippen molar-refractivity contribution in [3.05, 3.63) is 63.0 Å². The van der Waals surface area contributed by atoms with Gasteiger partial charge in [-0.05, 0) is 45.3 Å². The van der Waals surface area contributed by atoms with Crippen LogP contribution in [0.1, 0.15) is 17.2 Å². The number of hydrogen-bond donors (Lipinski definition) is 2. The second kappa shape index (κ2) is 8.34. The van der Waals surface area contributed by atoms with Crippen LogP contribution in [0.3, 0.4) is 0 Å². The first-order valence-corrected chi connectivity index (χ1v) is 9.96. The number of phenolic OH excluding ortho intramolecular Hbond substituents is 1. The van der Waals surface area contributed by atoms with Gasteiger partial charge in [-0.1, -0.05) is 54.3 Å². The molecule has 6 nitrogen and oxygen atoms in total. The average molecular weight is 480 g/mol. The van der Waals surface area contributed by atoms with Crippen LogP contribution in [0.5, 0.6) is 11.5 Å². The van der Waals surface area contributed by atoms with E-state index in [2.05, 4.69) is 15.9 Å². The highest BCUT2D eigenvalue weighted by Crippen LogP contribution is 2.40. The number of halogens is 1. The van der Waals surface area contributed by atoms with E-state index in [0.717, 1.165) is 16.7 Å². The number of aliphatic carboxylic acids is 1. The van der Waals surface area contributed by atoms with E-state index in [-0.39, 0.29) is 20.7 Å². The minimum Gasteiger partial charge on any atom is -0.503 e. The number of carbonyl (C=O) groups excluding carboxylic acids is 1. The topological polar surface area (TPSA) is 87.1 Å². The smallest absolute Gasteiger partial charge is 0.331 e. The number of carboxylic acids is 1. The Labute approximate surface area is 178 Å². The van der Waals surface area contributed by atoms with E-state index in [1.807, 2.05) is 0 Å². The van der Waals surface area contributed by atoms with E-state index in [9.17, 15) is 19.8 Å². The van der Waals surface area contributed by atoms with Crippen LogP contribution in [-0.2, 0) is 9.59 Å². The Morgan fingerprint density at radius 2 is 2.00 bits per heavy atom.